The molecule has 4 rings (SSSR count). The highest BCUT2D eigenvalue weighted by Gasteiger charge is 2.33. The smallest absolute Gasteiger partial charge is 0.405 e. The number of carbonyl (C=O) groups is 1. The minimum atomic E-state index is -5.02. The fourth-order valence-corrected chi connectivity index (χ4v) is 3.86. The molecule has 0 aliphatic heterocycles. The number of aromatic nitrogens is 1. The van der Waals surface area contributed by atoms with Crippen LogP contribution >= 0.6 is 0 Å². The largest absolute Gasteiger partial charge is 0.573 e. The van der Waals surface area contributed by atoms with Crippen molar-refractivity contribution in [1.82, 2.24) is 10.3 Å². The van der Waals surface area contributed by atoms with Crippen molar-refractivity contribution < 1.29 is 32.2 Å². The molecule has 1 heterocycles. The molecule has 0 saturated heterocycles. The third-order valence-electron chi connectivity index (χ3n) is 5.66. The van der Waals surface area contributed by atoms with Gasteiger partial charge in [0.2, 0.25) is 0 Å². The Morgan fingerprint density at radius 1 is 1.08 bits per heavy atom. The van der Waals surface area contributed by atoms with Crippen LogP contribution in [0.5, 0.6) is 5.75 Å². The van der Waals surface area contributed by atoms with Gasteiger partial charge in [0.1, 0.15) is 11.6 Å². The van der Waals surface area contributed by atoms with Crippen molar-refractivity contribution >= 4 is 16.8 Å². The molecule has 3 N–H and O–H groups in total. The van der Waals surface area contributed by atoms with Gasteiger partial charge in [-0.3, -0.25) is 4.79 Å². The van der Waals surface area contributed by atoms with Crippen LogP contribution in [-0.4, -0.2) is 35.0 Å². The molecule has 0 fully saturated rings. The number of alkyl halides is 3. The lowest BCUT2D eigenvalue weighted by atomic mass is 10.0. The Labute approximate surface area is 210 Å². The third kappa shape index (κ3) is 6.48. The number of carbonyl (C=O) groups excluding carboxylic acids is 1. The maximum atomic E-state index is 13.5. The Balaban J connectivity index is 1.60. The van der Waals surface area contributed by atoms with Gasteiger partial charge in [0.05, 0.1) is 18.2 Å². The molecule has 5 nitrogen and oxygen atoms in total. The van der Waals surface area contributed by atoms with Crippen LogP contribution < -0.4 is 10.1 Å². The molecule has 1 amide bonds. The van der Waals surface area contributed by atoms with Crippen molar-refractivity contribution in [3.63, 3.8) is 0 Å². The van der Waals surface area contributed by atoms with E-state index in [-0.39, 0.29) is 17.8 Å². The topological polar surface area (TPSA) is 74.3 Å². The molecular weight excluding hydrogens is 488 g/mol. The van der Waals surface area contributed by atoms with Crippen LogP contribution in [0, 0.1) is 24.6 Å². The number of aliphatic hydroxyl groups excluding tert-OH is 1. The quantitative estimate of drug-likeness (QED) is 0.245. The molecule has 1 unspecified atom stereocenters. The van der Waals surface area contributed by atoms with Gasteiger partial charge in [0.15, 0.2) is 0 Å². The third-order valence-corrected chi connectivity index (χ3v) is 5.66. The Hall–Kier alpha value is -4.29. The van der Waals surface area contributed by atoms with E-state index in [1.807, 2.05) is 24.3 Å². The molecule has 0 aliphatic carbocycles. The van der Waals surface area contributed by atoms with E-state index in [1.165, 1.54) is 30.3 Å². The molecule has 0 saturated carbocycles. The summed E-state index contributed by atoms with van der Waals surface area (Å²) in [6, 6.07) is 14.5. The maximum absolute atomic E-state index is 13.5. The van der Waals surface area contributed by atoms with Crippen molar-refractivity contribution in [3.8, 4) is 17.6 Å². The summed E-state index contributed by atoms with van der Waals surface area (Å²) in [5.41, 5.74) is 2.46. The van der Waals surface area contributed by atoms with Gasteiger partial charge in [-0.25, -0.2) is 4.39 Å². The van der Waals surface area contributed by atoms with Crippen LogP contribution in [0.2, 0.25) is 0 Å². The minimum Gasteiger partial charge on any atom is -0.405 e. The standard InChI is InChI=1S/C28H22F4N2O3/c1-17-12-18(8-10-24(17)29)6-7-19-9-11-26(37-28(30,31)32)23(13-19)27(36)34-21(16-35)14-20-15-33-25-5-3-2-4-22(20)25/h2-5,8-13,15,21,33,35H,14,16H2,1H3,(H,34,36). The van der Waals surface area contributed by atoms with Crippen LogP contribution in [-0.2, 0) is 6.42 Å². The Kier molecular flexibility index (Phi) is 7.50. The van der Waals surface area contributed by atoms with Gasteiger partial charge in [-0.15, -0.1) is 13.2 Å². The van der Waals surface area contributed by atoms with Gasteiger partial charge < -0.3 is 20.1 Å². The van der Waals surface area contributed by atoms with Crippen LogP contribution in [0.3, 0.4) is 0 Å². The summed E-state index contributed by atoms with van der Waals surface area (Å²) in [6.45, 7) is 1.14. The molecule has 190 valence electrons. The number of halogens is 4. The van der Waals surface area contributed by atoms with E-state index in [9.17, 15) is 27.5 Å². The number of para-hydroxylation sites is 1. The van der Waals surface area contributed by atoms with E-state index >= 15 is 0 Å². The van der Waals surface area contributed by atoms with Crippen molar-refractivity contribution in [3.05, 3.63) is 100 Å². The number of H-pyrrole nitrogens is 1. The number of aryl methyl sites for hydroxylation is 1. The van der Waals surface area contributed by atoms with E-state index < -0.39 is 36.2 Å². The summed E-state index contributed by atoms with van der Waals surface area (Å²) in [5, 5.41) is 13.4. The summed E-state index contributed by atoms with van der Waals surface area (Å²) in [5.74, 6) is 3.64. The number of fused-ring (bicyclic) bond motifs is 1. The van der Waals surface area contributed by atoms with Gasteiger partial charge in [-0.1, -0.05) is 30.0 Å². The van der Waals surface area contributed by atoms with Crippen LogP contribution in [0.1, 0.15) is 32.6 Å². The van der Waals surface area contributed by atoms with E-state index in [4.69, 9.17) is 0 Å². The number of benzene rings is 3. The molecule has 1 aromatic heterocycles. The first-order valence-electron chi connectivity index (χ1n) is 11.3. The maximum Gasteiger partial charge on any atom is 0.573 e. The van der Waals surface area contributed by atoms with Crippen LogP contribution in [0.25, 0.3) is 10.9 Å². The predicted molar refractivity (Wildman–Crippen MR) is 131 cm³/mol. The first kappa shape index (κ1) is 25.8. The summed E-state index contributed by atoms with van der Waals surface area (Å²) in [4.78, 5) is 16.2. The predicted octanol–water partition coefficient (Wildman–Crippen LogP) is 5.25. The number of ether oxygens (including phenoxy) is 1. The number of rotatable bonds is 6. The molecule has 4 aromatic rings. The average molecular weight is 510 g/mol. The first-order chi connectivity index (χ1) is 17.6. The van der Waals surface area contributed by atoms with Crippen molar-refractivity contribution in [2.45, 2.75) is 25.7 Å². The number of nitrogens with one attached hydrogen (secondary N) is 2. The van der Waals surface area contributed by atoms with Gasteiger partial charge in [-0.2, -0.15) is 0 Å². The molecule has 37 heavy (non-hydrogen) atoms. The number of aromatic amines is 1. The molecule has 0 radical (unpaired) electrons. The SMILES string of the molecule is Cc1cc(C#Cc2ccc(OC(F)(F)F)c(C(=O)NC(CO)Cc3c[nH]c4ccccc34)c2)ccc1F. The van der Waals surface area contributed by atoms with Crippen LogP contribution in [0.4, 0.5) is 17.6 Å². The second kappa shape index (κ2) is 10.8. The fourth-order valence-electron chi connectivity index (χ4n) is 3.86. The van der Waals surface area contributed by atoms with Crippen LogP contribution in [0.15, 0.2) is 66.9 Å². The Morgan fingerprint density at radius 2 is 1.78 bits per heavy atom. The molecule has 0 aliphatic rings. The second-order valence-electron chi connectivity index (χ2n) is 8.39. The Bertz CT molecular complexity index is 1500. The molecule has 9 heteroatoms. The lowest BCUT2D eigenvalue weighted by Gasteiger charge is -2.18. The molecule has 3 aromatic carbocycles. The first-order valence-corrected chi connectivity index (χ1v) is 11.3. The van der Waals surface area contributed by atoms with E-state index in [2.05, 4.69) is 26.9 Å². The summed E-state index contributed by atoms with van der Waals surface area (Å²) < 4.78 is 56.6. The van der Waals surface area contributed by atoms with E-state index in [0.717, 1.165) is 22.5 Å². The highest BCUT2D eigenvalue weighted by atomic mass is 19.4. The second-order valence-corrected chi connectivity index (χ2v) is 8.39. The van der Waals surface area contributed by atoms with Crippen molar-refractivity contribution in [1.29, 1.82) is 0 Å². The average Bonchev–Trinajstić information content (AvgIpc) is 3.26. The lowest BCUT2D eigenvalue weighted by molar-refractivity contribution is -0.274. The zero-order chi connectivity index (χ0) is 26.6. The number of hydrogen-bond acceptors (Lipinski definition) is 3. The van der Waals surface area contributed by atoms with Gasteiger partial charge >= 0.3 is 6.36 Å². The number of hydrogen-bond donors (Lipinski definition) is 3. The lowest BCUT2D eigenvalue weighted by Crippen LogP contribution is -2.39. The number of amides is 1. The molecule has 0 bridgehead atoms. The van der Waals surface area contributed by atoms with Crippen molar-refractivity contribution in [2.24, 2.45) is 0 Å². The van der Waals surface area contributed by atoms with E-state index in [0.29, 0.717) is 11.1 Å². The van der Waals surface area contributed by atoms with E-state index in [1.54, 1.807) is 13.1 Å². The fraction of sp³-hybridized carbons (Fsp3) is 0.179. The normalized spacial score (nSPS) is 12.1. The zero-order valence-corrected chi connectivity index (χ0v) is 19.6. The number of aliphatic hydroxyl groups is 1. The highest BCUT2D eigenvalue weighted by molar-refractivity contribution is 5.97. The summed E-state index contributed by atoms with van der Waals surface area (Å²) >= 11 is 0. The summed E-state index contributed by atoms with van der Waals surface area (Å²) in [7, 11) is 0. The Morgan fingerprint density at radius 3 is 2.49 bits per heavy atom. The zero-order valence-electron chi connectivity index (χ0n) is 19.6. The summed E-state index contributed by atoms with van der Waals surface area (Å²) in [6.07, 6.45) is -3.02. The van der Waals surface area contributed by atoms with Crippen molar-refractivity contribution in [2.75, 3.05) is 6.61 Å². The monoisotopic (exact) mass is 510 g/mol. The molecule has 0 spiro atoms. The van der Waals surface area contributed by atoms with Gasteiger partial charge in [-0.05, 0) is 66.9 Å². The van der Waals surface area contributed by atoms with Gasteiger partial charge in [0.25, 0.3) is 5.91 Å². The molecule has 1 atom stereocenters. The van der Waals surface area contributed by atoms with Gasteiger partial charge in [0, 0.05) is 28.2 Å². The molecular formula is C28H22F4N2O3. The minimum absolute atomic E-state index is 0.241. The highest BCUT2D eigenvalue weighted by Crippen LogP contribution is 2.28.